The van der Waals surface area contributed by atoms with E-state index in [0.717, 1.165) is 18.8 Å². The molecule has 0 aromatic carbocycles. The Balaban J connectivity index is 1.64. The van der Waals surface area contributed by atoms with Gasteiger partial charge in [0.15, 0.2) is 0 Å². The van der Waals surface area contributed by atoms with Crippen LogP contribution in [0.5, 0.6) is 0 Å². The molecule has 2 aromatic heterocycles. The maximum Gasteiger partial charge on any atom is 0.254 e. The van der Waals surface area contributed by atoms with Gasteiger partial charge < -0.3 is 19.9 Å². The zero-order valence-corrected chi connectivity index (χ0v) is 14.3. The molecule has 0 spiro atoms. The molecule has 1 aliphatic rings. The van der Waals surface area contributed by atoms with Gasteiger partial charge in [0.2, 0.25) is 5.91 Å². The standard InChI is InChI=1S/C17H21N5O3/c1-11-14(17(24)20-12(2)19-11)9-16(23)21-15-4-3-13(10-18-15)22-5-7-25-8-6-22/h3-4,10H,5-9H2,1-2H3,(H,18,21,23)(H,19,20,24). The average molecular weight is 343 g/mol. The van der Waals surface area contributed by atoms with Crippen LogP contribution in [-0.4, -0.2) is 47.2 Å². The van der Waals surface area contributed by atoms with Crippen LogP contribution in [0, 0.1) is 13.8 Å². The third kappa shape index (κ3) is 4.21. The molecule has 0 unspecified atom stereocenters. The van der Waals surface area contributed by atoms with E-state index in [0.29, 0.717) is 36.1 Å². The van der Waals surface area contributed by atoms with E-state index in [2.05, 4.69) is 25.2 Å². The minimum absolute atomic E-state index is 0.0403. The highest BCUT2D eigenvalue weighted by molar-refractivity contribution is 5.91. The van der Waals surface area contributed by atoms with Crippen LogP contribution in [0.1, 0.15) is 17.1 Å². The normalized spacial score (nSPS) is 14.4. The van der Waals surface area contributed by atoms with Gasteiger partial charge in [0.25, 0.3) is 5.56 Å². The quantitative estimate of drug-likeness (QED) is 0.852. The number of amides is 1. The Hall–Kier alpha value is -2.74. The van der Waals surface area contributed by atoms with E-state index in [-0.39, 0.29) is 17.9 Å². The van der Waals surface area contributed by atoms with E-state index in [1.165, 1.54) is 0 Å². The number of carbonyl (C=O) groups is 1. The molecular formula is C17H21N5O3. The fourth-order valence-electron chi connectivity index (χ4n) is 2.78. The molecule has 25 heavy (non-hydrogen) atoms. The predicted molar refractivity (Wildman–Crippen MR) is 93.9 cm³/mol. The molecule has 1 amide bonds. The molecule has 1 saturated heterocycles. The fourth-order valence-corrected chi connectivity index (χ4v) is 2.78. The van der Waals surface area contributed by atoms with E-state index < -0.39 is 0 Å². The SMILES string of the molecule is Cc1nc(C)c(CC(=O)Nc2ccc(N3CCOCC3)cn2)c(=O)[nH]1. The summed E-state index contributed by atoms with van der Waals surface area (Å²) in [4.78, 5) is 37.4. The van der Waals surface area contributed by atoms with Gasteiger partial charge in [0, 0.05) is 24.3 Å². The number of aromatic nitrogens is 3. The Morgan fingerprint density at radius 1 is 1.32 bits per heavy atom. The lowest BCUT2D eigenvalue weighted by Crippen LogP contribution is -2.36. The van der Waals surface area contributed by atoms with Gasteiger partial charge in [-0.05, 0) is 26.0 Å². The van der Waals surface area contributed by atoms with Crippen LogP contribution in [0.2, 0.25) is 0 Å². The Morgan fingerprint density at radius 2 is 2.08 bits per heavy atom. The van der Waals surface area contributed by atoms with Gasteiger partial charge in [-0.3, -0.25) is 9.59 Å². The molecule has 8 heteroatoms. The molecule has 3 heterocycles. The molecule has 8 nitrogen and oxygen atoms in total. The monoisotopic (exact) mass is 343 g/mol. The van der Waals surface area contributed by atoms with Crippen molar-refractivity contribution in [1.82, 2.24) is 15.0 Å². The number of H-pyrrole nitrogens is 1. The number of anilines is 2. The number of aromatic amines is 1. The summed E-state index contributed by atoms with van der Waals surface area (Å²) in [6.07, 6.45) is 1.69. The second-order valence-electron chi connectivity index (χ2n) is 5.94. The lowest BCUT2D eigenvalue weighted by Gasteiger charge is -2.28. The van der Waals surface area contributed by atoms with Crippen LogP contribution >= 0.6 is 0 Å². The van der Waals surface area contributed by atoms with Crippen LogP contribution in [0.15, 0.2) is 23.1 Å². The summed E-state index contributed by atoms with van der Waals surface area (Å²) in [5.41, 5.74) is 1.65. The second kappa shape index (κ2) is 7.43. The number of pyridine rings is 1. The van der Waals surface area contributed by atoms with Crippen LogP contribution < -0.4 is 15.8 Å². The highest BCUT2D eigenvalue weighted by Gasteiger charge is 2.14. The molecule has 2 aromatic rings. The number of nitrogens with zero attached hydrogens (tertiary/aromatic N) is 3. The van der Waals surface area contributed by atoms with Crippen LogP contribution in [0.25, 0.3) is 0 Å². The van der Waals surface area contributed by atoms with E-state index in [4.69, 9.17) is 4.74 Å². The van der Waals surface area contributed by atoms with Gasteiger partial charge >= 0.3 is 0 Å². The van der Waals surface area contributed by atoms with Gasteiger partial charge in [-0.15, -0.1) is 0 Å². The molecule has 0 atom stereocenters. The summed E-state index contributed by atoms with van der Waals surface area (Å²) in [5.74, 6) is 0.689. The highest BCUT2D eigenvalue weighted by atomic mass is 16.5. The first-order valence-electron chi connectivity index (χ1n) is 8.18. The summed E-state index contributed by atoms with van der Waals surface area (Å²) in [7, 11) is 0. The Bertz CT molecular complexity index is 810. The first kappa shape index (κ1) is 17.1. The summed E-state index contributed by atoms with van der Waals surface area (Å²) in [5, 5.41) is 2.72. The van der Waals surface area contributed by atoms with Gasteiger partial charge in [-0.2, -0.15) is 0 Å². The largest absolute Gasteiger partial charge is 0.378 e. The number of aryl methyl sites for hydroxylation is 2. The molecule has 1 aliphatic heterocycles. The van der Waals surface area contributed by atoms with Crippen molar-refractivity contribution in [3.05, 3.63) is 45.8 Å². The maximum atomic E-state index is 12.2. The zero-order valence-electron chi connectivity index (χ0n) is 14.3. The summed E-state index contributed by atoms with van der Waals surface area (Å²) in [6, 6.07) is 3.67. The molecular weight excluding hydrogens is 322 g/mol. The van der Waals surface area contributed by atoms with E-state index >= 15 is 0 Å². The van der Waals surface area contributed by atoms with Crippen LogP contribution in [0.4, 0.5) is 11.5 Å². The number of ether oxygens (including phenoxy) is 1. The number of carbonyl (C=O) groups excluding carboxylic acids is 1. The van der Waals surface area contributed by atoms with Crippen LogP contribution in [0.3, 0.4) is 0 Å². The Kier molecular flexibility index (Phi) is 5.08. The van der Waals surface area contributed by atoms with Crippen molar-refractivity contribution in [1.29, 1.82) is 0 Å². The molecule has 0 saturated carbocycles. The molecule has 3 rings (SSSR count). The zero-order chi connectivity index (χ0) is 17.8. The molecule has 0 radical (unpaired) electrons. The summed E-state index contributed by atoms with van der Waals surface area (Å²) in [6.45, 7) is 6.50. The smallest absolute Gasteiger partial charge is 0.254 e. The van der Waals surface area contributed by atoms with Crippen molar-refractivity contribution in [2.75, 3.05) is 36.5 Å². The van der Waals surface area contributed by atoms with Crippen molar-refractivity contribution >= 4 is 17.4 Å². The Morgan fingerprint density at radius 3 is 2.72 bits per heavy atom. The predicted octanol–water partition coefficient (Wildman–Crippen LogP) is 0.800. The minimum atomic E-state index is -0.300. The number of hydrogen-bond acceptors (Lipinski definition) is 6. The van der Waals surface area contributed by atoms with E-state index in [1.54, 1.807) is 26.1 Å². The van der Waals surface area contributed by atoms with Crippen molar-refractivity contribution in [2.24, 2.45) is 0 Å². The van der Waals surface area contributed by atoms with E-state index in [9.17, 15) is 9.59 Å². The molecule has 1 fully saturated rings. The van der Waals surface area contributed by atoms with Gasteiger partial charge in [-0.1, -0.05) is 0 Å². The Labute approximate surface area is 145 Å². The lowest BCUT2D eigenvalue weighted by molar-refractivity contribution is -0.115. The van der Waals surface area contributed by atoms with Crippen molar-refractivity contribution in [2.45, 2.75) is 20.3 Å². The van der Waals surface area contributed by atoms with Crippen molar-refractivity contribution in [3.63, 3.8) is 0 Å². The number of rotatable bonds is 4. The van der Waals surface area contributed by atoms with Crippen molar-refractivity contribution < 1.29 is 9.53 Å². The molecule has 2 N–H and O–H groups in total. The fraction of sp³-hybridized carbons (Fsp3) is 0.412. The van der Waals surface area contributed by atoms with Gasteiger partial charge in [0.05, 0.1) is 31.5 Å². The summed E-state index contributed by atoms with van der Waals surface area (Å²) < 4.78 is 5.33. The lowest BCUT2D eigenvalue weighted by atomic mass is 10.1. The highest BCUT2D eigenvalue weighted by Crippen LogP contribution is 2.16. The third-order valence-corrected chi connectivity index (χ3v) is 4.07. The first-order valence-corrected chi connectivity index (χ1v) is 8.18. The average Bonchev–Trinajstić information content (AvgIpc) is 2.59. The molecule has 132 valence electrons. The van der Waals surface area contributed by atoms with Crippen molar-refractivity contribution in [3.8, 4) is 0 Å². The van der Waals surface area contributed by atoms with Crippen LogP contribution in [-0.2, 0) is 16.0 Å². The van der Waals surface area contributed by atoms with Gasteiger partial charge in [0.1, 0.15) is 11.6 Å². The minimum Gasteiger partial charge on any atom is -0.378 e. The molecule has 0 aliphatic carbocycles. The third-order valence-electron chi connectivity index (χ3n) is 4.07. The summed E-state index contributed by atoms with van der Waals surface area (Å²) >= 11 is 0. The van der Waals surface area contributed by atoms with Gasteiger partial charge in [-0.25, -0.2) is 9.97 Å². The number of nitrogens with one attached hydrogen (secondary N) is 2. The topological polar surface area (TPSA) is 100 Å². The first-order chi connectivity index (χ1) is 12.0. The number of morpholine rings is 1. The van der Waals surface area contributed by atoms with E-state index in [1.807, 2.05) is 6.07 Å². The second-order valence-corrected chi connectivity index (χ2v) is 5.94. The maximum absolute atomic E-state index is 12.2. The molecule has 0 bridgehead atoms. The number of hydrogen-bond donors (Lipinski definition) is 2.